The second-order valence-electron chi connectivity index (χ2n) is 8.35. The molecule has 168 valence electrons. The largest absolute Gasteiger partial charge is 0.478 e. The first-order valence-corrected chi connectivity index (χ1v) is 10.3. The van der Waals surface area contributed by atoms with Gasteiger partial charge in [-0.25, -0.2) is 9.59 Å². The van der Waals surface area contributed by atoms with E-state index in [0.29, 0.717) is 5.57 Å². The van der Waals surface area contributed by atoms with Crippen LogP contribution in [0.3, 0.4) is 0 Å². The van der Waals surface area contributed by atoms with Gasteiger partial charge < -0.3 is 20.1 Å². The van der Waals surface area contributed by atoms with Crippen molar-refractivity contribution in [2.75, 3.05) is 6.61 Å². The summed E-state index contributed by atoms with van der Waals surface area (Å²) >= 11 is 0. The molecule has 2 aliphatic carbocycles. The molecule has 0 aromatic heterocycles. The average molecular weight is 430 g/mol. The number of aliphatic carboxylic acids is 1. The van der Waals surface area contributed by atoms with Gasteiger partial charge in [0, 0.05) is 24.0 Å². The number of hydrogen-bond acceptors (Lipinski definition) is 6. The van der Waals surface area contributed by atoms with Crippen molar-refractivity contribution in [3.63, 3.8) is 0 Å². The van der Waals surface area contributed by atoms with Crippen molar-refractivity contribution >= 4 is 17.7 Å². The highest BCUT2D eigenvalue weighted by atomic mass is 16.5. The zero-order valence-electron chi connectivity index (χ0n) is 18.1. The van der Waals surface area contributed by atoms with Gasteiger partial charge in [-0.15, -0.1) is 0 Å². The molecule has 0 spiro atoms. The lowest BCUT2D eigenvalue weighted by Gasteiger charge is -2.48. The second-order valence-corrected chi connectivity index (χ2v) is 8.35. The molecule has 0 fully saturated rings. The molecule has 0 aliphatic heterocycles. The predicted octanol–water partition coefficient (Wildman–Crippen LogP) is 2.51. The number of aliphatic hydroxyl groups is 2. The van der Waals surface area contributed by atoms with Gasteiger partial charge in [0.25, 0.3) is 0 Å². The SMILES string of the molecule is C=C(C(=O)O)[C@]1(O)C[C@@]2(C)C(=CC1=O)C=C[C@H](OC(=O)/C=C/C=C/C(CC)CO)[C@@H]2C. The first kappa shape index (κ1) is 24.5. The van der Waals surface area contributed by atoms with E-state index in [-0.39, 0.29) is 24.9 Å². The predicted molar refractivity (Wildman–Crippen MR) is 115 cm³/mol. The lowest BCUT2D eigenvalue weighted by molar-refractivity contribution is -0.148. The summed E-state index contributed by atoms with van der Waals surface area (Å²) in [5, 5.41) is 29.3. The van der Waals surface area contributed by atoms with E-state index in [9.17, 15) is 24.6 Å². The normalized spacial score (nSPS) is 31.4. The second kappa shape index (κ2) is 9.58. The van der Waals surface area contributed by atoms with Crippen LogP contribution in [0, 0.1) is 17.3 Å². The Kier molecular flexibility index (Phi) is 7.57. The van der Waals surface area contributed by atoms with E-state index in [1.165, 1.54) is 12.2 Å². The summed E-state index contributed by atoms with van der Waals surface area (Å²) in [6, 6.07) is 0. The number of rotatable bonds is 8. The highest BCUT2D eigenvalue weighted by molar-refractivity contribution is 6.08. The summed E-state index contributed by atoms with van der Waals surface area (Å²) in [7, 11) is 0. The van der Waals surface area contributed by atoms with Crippen molar-refractivity contribution < 1.29 is 34.4 Å². The highest BCUT2D eigenvalue weighted by Crippen LogP contribution is 2.52. The van der Waals surface area contributed by atoms with Gasteiger partial charge in [0.1, 0.15) is 6.10 Å². The van der Waals surface area contributed by atoms with Crippen LogP contribution < -0.4 is 0 Å². The molecular formula is C24H30O7. The first-order chi connectivity index (χ1) is 14.5. The number of hydrogen-bond donors (Lipinski definition) is 3. The molecule has 0 radical (unpaired) electrons. The summed E-state index contributed by atoms with van der Waals surface area (Å²) in [6.45, 7) is 9.01. The van der Waals surface area contributed by atoms with Crippen LogP contribution >= 0.6 is 0 Å². The van der Waals surface area contributed by atoms with E-state index >= 15 is 0 Å². The molecule has 1 unspecified atom stereocenters. The Labute approximate surface area is 182 Å². The van der Waals surface area contributed by atoms with Crippen molar-refractivity contribution in [3.05, 3.63) is 60.3 Å². The van der Waals surface area contributed by atoms with Gasteiger partial charge in [-0.1, -0.05) is 51.7 Å². The number of carbonyl (C=O) groups is 3. The number of aliphatic hydroxyl groups excluding tert-OH is 1. The number of esters is 1. The van der Waals surface area contributed by atoms with Gasteiger partial charge in [-0.3, -0.25) is 4.79 Å². The summed E-state index contributed by atoms with van der Waals surface area (Å²) in [5.74, 6) is -3.03. The molecule has 0 heterocycles. The quantitative estimate of drug-likeness (QED) is 0.307. The third kappa shape index (κ3) is 4.94. The minimum absolute atomic E-state index is 0.0282. The first-order valence-electron chi connectivity index (χ1n) is 10.3. The molecule has 31 heavy (non-hydrogen) atoms. The third-order valence-corrected chi connectivity index (χ3v) is 6.44. The monoisotopic (exact) mass is 430 g/mol. The van der Waals surface area contributed by atoms with Crippen LogP contribution in [-0.4, -0.2) is 51.4 Å². The third-order valence-electron chi connectivity index (χ3n) is 6.44. The zero-order valence-corrected chi connectivity index (χ0v) is 18.1. The highest BCUT2D eigenvalue weighted by Gasteiger charge is 2.54. The molecule has 0 saturated heterocycles. The van der Waals surface area contributed by atoms with Gasteiger partial charge in [0.15, 0.2) is 11.4 Å². The smallest absolute Gasteiger partial charge is 0.334 e. The molecule has 0 bridgehead atoms. The maximum atomic E-state index is 12.5. The Bertz CT molecular complexity index is 874. The van der Waals surface area contributed by atoms with Crippen molar-refractivity contribution in [2.24, 2.45) is 17.3 Å². The van der Waals surface area contributed by atoms with Crippen LogP contribution in [0.5, 0.6) is 0 Å². The summed E-state index contributed by atoms with van der Waals surface area (Å²) in [4.78, 5) is 36.1. The molecule has 0 aromatic rings. The van der Waals surface area contributed by atoms with E-state index in [2.05, 4.69) is 6.58 Å². The summed E-state index contributed by atoms with van der Waals surface area (Å²) in [6.07, 6.45) is 10.9. The number of allylic oxidation sites excluding steroid dienone is 4. The topological polar surface area (TPSA) is 121 Å². The molecule has 2 rings (SSSR count). The lowest BCUT2D eigenvalue weighted by atomic mass is 9.57. The molecule has 0 aromatic carbocycles. The van der Waals surface area contributed by atoms with Gasteiger partial charge in [0.2, 0.25) is 0 Å². The maximum absolute atomic E-state index is 12.5. The van der Waals surface area contributed by atoms with E-state index in [4.69, 9.17) is 9.84 Å². The molecule has 0 saturated carbocycles. The van der Waals surface area contributed by atoms with Crippen molar-refractivity contribution in [3.8, 4) is 0 Å². The fourth-order valence-electron chi connectivity index (χ4n) is 3.96. The maximum Gasteiger partial charge on any atom is 0.334 e. The van der Waals surface area contributed by atoms with Crippen molar-refractivity contribution in [1.82, 2.24) is 0 Å². The molecule has 3 N–H and O–H groups in total. The average Bonchev–Trinajstić information content (AvgIpc) is 2.72. The number of ketones is 1. The van der Waals surface area contributed by atoms with E-state index in [1.807, 2.05) is 13.8 Å². The van der Waals surface area contributed by atoms with E-state index in [1.54, 1.807) is 37.3 Å². The van der Waals surface area contributed by atoms with Crippen LogP contribution in [-0.2, 0) is 19.1 Å². The van der Waals surface area contributed by atoms with E-state index in [0.717, 1.165) is 6.42 Å². The van der Waals surface area contributed by atoms with Gasteiger partial charge in [-0.2, -0.15) is 0 Å². The van der Waals surface area contributed by atoms with E-state index < -0.39 is 40.4 Å². The van der Waals surface area contributed by atoms with Crippen LogP contribution in [0.2, 0.25) is 0 Å². The fourth-order valence-corrected chi connectivity index (χ4v) is 3.96. The Hall–Kier alpha value is -2.77. The summed E-state index contributed by atoms with van der Waals surface area (Å²) < 4.78 is 5.55. The molecule has 7 nitrogen and oxygen atoms in total. The number of ether oxygens (including phenoxy) is 1. The lowest BCUT2D eigenvalue weighted by Crippen LogP contribution is -2.53. The minimum Gasteiger partial charge on any atom is -0.478 e. The molecule has 5 atom stereocenters. The molecule has 2 aliphatic rings. The zero-order chi connectivity index (χ0) is 23.4. The number of carboxylic acid groups (broad SMARTS) is 1. The molecule has 7 heteroatoms. The van der Waals surface area contributed by atoms with Gasteiger partial charge in [0.05, 0.1) is 5.57 Å². The van der Waals surface area contributed by atoms with Crippen LogP contribution in [0.4, 0.5) is 0 Å². The van der Waals surface area contributed by atoms with Crippen LogP contribution in [0.15, 0.2) is 60.3 Å². The Balaban J connectivity index is 2.18. The molecule has 0 amide bonds. The minimum atomic E-state index is -2.22. The summed E-state index contributed by atoms with van der Waals surface area (Å²) in [5.41, 5.74) is -2.95. The number of carbonyl (C=O) groups excluding carboxylic acids is 2. The number of carboxylic acids is 1. The Morgan fingerprint density at radius 1 is 1.39 bits per heavy atom. The van der Waals surface area contributed by atoms with Crippen LogP contribution in [0.25, 0.3) is 0 Å². The Morgan fingerprint density at radius 2 is 2.06 bits per heavy atom. The van der Waals surface area contributed by atoms with Crippen molar-refractivity contribution in [2.45, 2.75) is 45.3 Å². The van der Waals surface area contributed by atoms with Crippen molar-refractivity contribution in [1.29, 1.82) is 0 Å². The van der Waals surface area contributed by atoms with Crippen LogP contribution in [0.1, 0.15) is 33.6 Å². The Morgan fingerprint density at radius 3 is 2.65 bits per heavy atom. The number of fused-ring (bicyclic) bond motifs is 1. The fraction of sp³-hybridized carbons (Fsp3) is 0.458. The van der Waals surface area contributed by atoms with Gasteiger partial charge >= 0.3 is 11.9 Å². The molecular weight excluding hydrogens is 400 g/mol. The van der Waals surface area contributed by atoms with Gasteiger partial charge in [-0.05, 0) is 36.5 Å². The standard InChI is InChI=1S/C24H30O7/c1-5-17(13-25)8-6-7-9-21(27)31-19-11-10-18-12-20(26)24(30,16(3)22(28)29)14-23(18,4)15(19)2/h6-12,15,17,19,25,30H,3,5,13-14H2,1-2,4H3,(H,28,29)/b8-6+,9-7+/t15-,17?,19-,23+,24+/m0/s1.